The zero-order valence-electron chi connectivity index (χ0n) is 44.3. The summed E-state index contributed by atoms with van der Waals surface area (Å²) < 4.78 is 5.75. The number of carbonyl (C=O) groups excluding carboxylic acids is 6. The van der Waals surface area contributed by atoms with Gasteiger partial charge in [0.05, 0.1) is 37.9 Å². The normalized spacial score (nSPS) is 21.0. The molecule has 2 aliphatic heterocycles. The molecule has 1 fully saturated rings. The van der Waals surface area contributed by atoms with Crippen molar-refractivity contribution in [3.05, 3.63) is 106 Å². The quantitative estimate of drug-likeness (QED) is 0.0867. The second kappa shape index (κ2) is 24.4. The van der Waals surface area contributed by atoms with E-state index in [4.69, 9.17) is 4.74 Å². The highest BCUT2D eigenvalue weighted by molar-refractivity contribution is 5.95. The van der Waals surface area contributed by atoms with Crippen LogP contribution >= 0.6 is 0 Å². The summed E-state index contributed by atoms with van der Waals surface area (Å²) in [6.45, 7) is 17.2. The first-order valence-corrected chi connectivity index (χ1v) is 26.1. The molecule has 3 aliphatic rings. The van der Waals surface area contributed by atoms with Crippen molar-refractivity contribution in [1.82, 2.24) is 36.4 Å². The van der Waals surface area contributed by atoms with Gasteiger partial charge in [0.2, 0.25) is 35.4 Å². The second-order valence-electron chi connectivity index (χ2n) is 22.4. The number of aliphatic hydroxyl groups is 1. The Labute approximate surface area is 427 Å². The lowest BCUT2D eigenvalue weighted by Gasteiger charge is -2.41. The highest BCUT2D eigenvalue weighted by Crippen LogP contribution is 2.38. The molecular formula is C57H81N7O8. The van der Waals surface area contributed by atoms with Crippen LogP contribution in [0.3, 0.4) is 0 Å². The van der Waals surface area contributed by atoms with Crippen LogP contribution in [-0.4, -0.2) is 120 Å². The largest absolute Gasteiger partial charge is 0.394 e. The Morgan fingerprint density at radius 3 is 2.07 bits per heavy atom. The molecule has 0 bridgehead atoms. The highest BCUT2D eigenvalue weighted by atomic mass is 16.5. The number of nitrogens with one attached hydrogen (secondary N) is 5. The molecule has 3 aromatic carbocycles. The van der Waals surface area contributed by atoms with Crippen molar-refractivity contribution >= 4 is 35.4 Å². The molecule has 2 unspecified atom stereocenters. The van der Waals surface area contributed by atoms with Crippen LogP contribution in [0.4, 0.5) is 0 Å². The van der Waals surface area contributed by atoms with Gasteiger partial charge in [0.1, 0.15) is 24.2 Å². The van der Waals surface area contributed by atoms with Gasteiger partial charge in [0.15, 0.2) is 0 Å². The maximum absolute atomic E-state index is 15.2. The number of likely N-dealkylation sites (N-methyl/N-ethyl adjacent to an activating group) is 1. The Balaban J connectivity index is 1.35. The van der Waals surface area contributed by atoms with Crippen LogP contribution in [0, 0.1) is 16.7 Å². The number of hydrogen-bond acceptors (Lipinski definition) is 9. The first-order valence-electron chi connectivity index (χ1n) is 26.1. The third-order valence-electron chi connectivity index (χ3n) is 14.9. The van der Waals surface area contributed by atoms with Crippen molar-refractivity contribution in [2.45, 2.75) is 162 Å². The van der Waals surface area contributed by atoms with Gasteiger partial charge >= 0.3 is 0 Å². The minimum Gasteiger partial charge on any atom is -0.394 e. The van der Waals surface area contributed by atoms with Crippen molar-refractivity contribution in [2.24, 2.45) is 16.7 Å². The predicted octanol–water partition coefficient (Wildman–Crippen LogP) is 5.27. The van der Waals surface area contributed by atoms with E-state index in [-0.39, 0.29) is 92.7 Å². The minimum absolute atomic E-state index is 0.0678. The van der Waals surface area contributed by atoms with Gasteiger partial charge in [-0.1, -0.05) is 128 Å². The molecule has 2 heterocycles. The number of carbonyl (C=O) groups is 6. The lowest BCUT2D eigenvalue weighted by Crippen LogP contribution is -2.61. The molecule has 1 saturated heterocycles. The number of rotatable bonds is 19. The SMILES string of the molecule is CC[C@@H](C)C(=O)N[C@H](C(=O)N1Cc2cc([C@H]3C[C@@H](C(=O)NC4CCCc5ccccc54)N(C(=O)[C@@H](NC(=O)[C@H](C)NC)C(C)(C)C)C3)ccc2C[C@H]1C(=O)NC(COCCO)Cc1ccccc1)C(C)(C)C. The number of amides is 6. The zero-order chi connectivity index (χ0) is 52.5. The van der Waals surface area contributed by atoms with E-state index in [1.165, 1.54) is 5.56 Å². The molecule has 15 nitrogen and oxygen atoms in total. The lowest BCUT2D eigenvalue weighted by atomic mass is 9.83. The monoisotopic (exact) mass is 992 g/mol. The molecule has 0 aromatic heterocycles. The molecule has 6 amide bonds. The van der Waals surface area contributed by atoms with E-state index in [0.717, 1.165) is 47.1 Å². The number of aliphatic hydroxyl groups excluding tert-OH is 1. The topological polar surface area (TPSA) is 199 Å². The number of likely N-dealkylation sites (tertiary alicyclic amines) is 1. The molecule has 1 aliphatic carbocycles. The van der Waals surface area contributed by atoms with Crippen LogP contribution in [0.1, 0.15) is 133 Å². The van der Waals surface area contributed by atoms with E-state index in [2.05, 4.69) is 38.7 Å². The zero-order valence-corrected chi connectivity index (χ0v) is 44.3. The van der Waals surface area contributed by atoms with Gasteiger partial charge in [0.25, 0.3) is 0 Å². The van der Waals surface area contributed by atoms with Crippen LogP contribution in [0.5, 0.6) is 0 Å². The Morgan fingerprint density at radius 1 is 0.764 bits per heavy atom. The lowest BCUT2D eigenvalue weighted by molar-refractivity contribution is -0.147. The number of benzene rings is 3. The van der Waals surface area contributed by atoms with Gasteiger partial charge in [0, 0.05) is 31.3 Å². The fraction of sp³-hybridized carbons (Fsp3) is 0.579. The Hall–Kier alpha value is -5.64. The van der Waals surface area contributed by atoms with Crippen molar-refractivity contribution in [3.63, 3.8) is 0 Å². The predicted molar refractivity (Wildman–Crippen MR) is 278 cm³/mol. The Kier molecular flexibility index (Phi) is 18.9. The van der Waals surface area contributed by atoms with E-state index in [0.29, 0.717) is 19.3 Å². The number of ether oxygens (including phenoxy) is 1. The first kappa shape index (κ1) is 55.7. The van der Waals surface area contributed by atoms with Gasteiger partial charge in [-0.25, -0.2) is 0 Å². The van der Waals surface area contributed by atoms with Crippen molar-refractivity contribution in [3.8, 4) is 0 Å². The summed E-state index contributed by atoms with van der Waals surface area (Å²) in [7, 11) is 1.69. The van der Waals surface area contributed by atoms with E-state index in [9.17, 15) is 29.1 Å². The smallest absolute Gasteiger partial charge is 0.246 e. The summed E-state index contributed by atoms with van der Waals surface area (Å²) in [4.78, 5) is 89.7. The van der Waals surface area contributed by atoms with Crippen molar-refractivity contribution in [1.29, 1.82) is 0 Å². The average molecular weight is 992 g/mol. The van der Waals surface area contributed by atoms with Crippen molar-refractivity contribution in [2.75, 3.05) is 33.4 Å². The molecule has 15 heteroatoms. The highest BCUT2D eigenvalue weighted by Gasteiger charge is 2.47. The maximum atomic E-state index is 15.2. The second-order valence-corrected chi connectivity index (χ2v) is 22.4. The summed E-state index contributed by atoms with van der Waals surface area (Å²) in [5.41, 5.74) is 4.43. The third-order valence-corrected chi connectivity index (χ3v) is 14.9. The summed E-state index contributed by atoms with van der Waals surface area (Å²) in [5, 5.41) is 25.0. The summed E-state index contributed by atoms with van der Waals surface area (Å²) >= 11 is 0. The van der Waals surface area contributed by atoms with Crippen molar-refractivity contribution < 1.29 is 38.6 Å². The Bertz CT molecular complexity index is 2380. The van der Waals surface area contributed by atoms with E-state index >= 15 is 4.79 Å². The summed E-state index contributed by atoms with van der Waals surface area (Å²) in [5.74, 6) is -2.53. The van der Waals surface area contributed by atoms with Gasteiger partial charge in [-0.3, -0.25) is 28.8 Å². The summed E-state index contributed by atoms with van der Waals surface area (Å²) in [6, 6.07) is 19.0. The number of aryl methyl sites for hydroxylation is 1. The fourth-order valence-electron chi connectivity index (χ4n) is 10.2. The first-order chi connectivity index (χ1) is 34.1. The molecule has 0 radical (unpaired) electrons. The summed E-state index contributed by atoms with van der Waals surface area (Å²) in [6.07, 6.45) is 4.19. The van der Waals surface area contributed by atoms with E-state index < -0.39 is 47.1 Å². The minimum atomic E-state index is -0.954. The van der Waals surface area contributed by atoms with Crippen LogP contribution in [0.2, 0.25) is 0 Å². The Morgan fingerprint density at radius 2 is 1.42 bits per heavy atom. The fourth-order valence-corrected chi connectivity index (χ4v) is 10.2. The maximum Gasteiger partial charge on any atom is 0.246 e. The van der Waals surface area contributed by atoms with Gasteiger partial charge in [-0.05, 0) is 96.7 Å². The van der Waals surface area contributed by atoms with Gasteiger partial charge in [-0.15, -0.1) is 0 Å². The standard InChI is InChI=1S/C57H81N7O8/c1-11-35(2)50(66)61-48(56(4,5)6)54(70)63-32-41-29-39(24-25-40(41)30-46(63)52(68)59-43(34-72-27-26-65)28-37-18-13-12-14-19-37)42-31-47(53(69)60-45-23-17-21-38-20-15-16-22-44(38)45)64(33-42)55(71)49(57(7,8)9)62-51(67)36(3)58-10/h12-16,18-20,22,24-25,29,35-36,42-43,45-49,58,65H,11,17,21,23,26-28,30-34H2,1-10H3,(H,59,68)(H,60,69)(H,61,66)(H,62,67)/t35-,36+,42+,43?,45?,46+,47+,48-,49-/m1/s1. The number of fused-ring (bicyclic) bond motifs is 2. The van der Waals surface area contributed by atoms with Gasteiger partial charge < -0.3 is 46.2 Å². The molecule has 3 aromatic rings. The number of nitrogens with zero attached hydrogens (tertiary/aromatic N) is 2. The van der Waals surface area contributed by atoms with Crippen LogP contribution in [-0.2, 0) is 59.3 Å². The van der Waals surface area contributed by atoms with E-state index in [1.807, 2.05) is 116 Å². The molecule has 392 valence electrons. The molecule has 9 atom stereocenters. The molecule has 6 N–H and O–H groups in total. The molecule has 0 spiro atoms. The molecule has 72 heavy (non-hydrogen) atoms. The molecular weight excluding hydrogens is 911 g/mol. The average Bonchev–Trinajstić information content (AvgIpc) is 3.81. The molecule has 0 saturated carbocycles. The van der Waals surface area contributed by atoms with E-state index in [1.54, 1.807) is 23.8 Å². The molecule has 6 rings (SSSR count). The van der Waals surface area contributed by atoms with Crippen LogP contribution < -0.4 is 26.6 Å². The van der Waals surface area contributed by atoms with Crippen LogP contribution in [0.15, 0.2) is 72.8 Å². The van der Waals surface area contributed by atoms with Gasteiger partial charge in [-0.2, -0.15) is 0 Å². The third kappa shape index (κ3) is 13.7. The number of hydrogen-bond donors (Lipinski definition) is 6. The van der Waals surface area contributed by atoms with Crippen LogP contribution in [0.25, 0.3) is 0 Å².